The smallest absolute Gasteiger partial charge is 0.295 e. The van der Waals surface area contributed by atoms with E-state index in [9.17, 15) is 18.0 Å². The van der Waals surface area contributed by atoms with Crippen molar-refractivity contribution in [1.29, 1.82) is 0 Å². The second kappa shape index (κ2) is 5.24. The average Bonchev–Trinajstić information content (AvgIpc) is 2.82. The van der Waals surface area contributed by atoms with Gasteiger partial charge in [-0.15, -0.1) is 21.8 Å². The van der Waals surface area contributed by atoms with Crippen LogP contribution < -0.4 is 0 Å². The van der Waals surface area contributed by atoms with Crippen LogP contribution in [-0.2, 0) is 12.1 Å². The first-order valence-electron chi connectivity index (χ1n) is 5.53. The summed E-state index contributed by atoms with van der Waals surface area (Å²) in [5.41, 5.74) is 0.603. The van der Waals surface area contributed by atoms with Crippen LogP contribution >= 0.6 is 11.6 Å². The number of carbonyl (C=O) groups is 1. The van der Waals surface area contributed by atoms with E-state index in [-0.39, 0.29) is 23.2 Å². The number of Topliss-reactive ketones (excluding diaryl/α,β-unsaturated/α-hetero) is 1. The van der Waals surface area contributed by atoms with E-state index in [0.29, 0.717) is 5.56 Å². The zero-order valence-electron chi connectivity index (χ0n) is 10.3. The van der Waals surface area contributed by atoms with Gasteiger partial charge in [0.1, 0.15) is 0 Å². The highest BCUT2D eigenvalue weighted by Gasteiger charge is 2.38. The third-order valence-corrected chi connectivity index (χ3v) is 2.87. The molecule has 0 bridgehead atoms. The lowest BCUT2D eigenvalue weighted by atomic mass is 10.1. The summed E-state index contributed by atoms with van der Waals surface area (Å²) in [5.74, 6) is -1.55. The molecule has 1 heterocycles. The minimum Gasteiger partial charge on any atom is -0.295 e. The molecule has 2 rings (SSSR count). The maximum atomic E-state index is 12.9. The number of rotatable bonds is 3. The molecule has 0 fully saturated rings. The normalized spacial score (nSPS) is 11.7. The molecular formula is C12H9ClF3N3O. The molecule has 0 atom stereocenters. The molecular weight excluding hydrogens is 295 g/mol. The molecule has 106 valence electrons. The van der Waals surface area contributed by atoms with Crippen molar-refractivity contribution in [2.75, 3.05) is 0 Å². The van der Waals surface area contributed by atoms with Crippen LogP contribution in [0.3, 0.4) is 0 Å². The molecule has 0 N–H and O–H groups in total. The van der Waals surface area contributed by atoms with Gasteiger partial charge < -0.3 is 0 Å². The molecule has 0 aliphatic rings. The van der Waals surface area contributed by atoms with Crippen LogP contribution in [0.4, 0.5) is 13.2 Å². The van der Waals surface area contributed by atoms with Gasteiger partial charge in [-0.25, -0.2) is 0 Å². The van der Waals surface area contributed by atoms with Crippen LogP contribution in [0.2, 0.25) is 0 Å². The first-order chi connectivity index (χ1) is 9.34. The first-order valence-corrected chi connectivity index (χ1v) is 6.07. The molecule has 0 radical (unpaired) electrons. The van der Waals surface area contributed by atoms with Crippen molar-refractivity contribution in [3.63, 3.8) is 0 Å². The fourth-order valence-electron chi connectivity index (χ4n) is 1.70. The minimum absolute atomic E-state index is 0.0189. The summed E-state index contributed by atoms with van der Waals surface area (Å²) in [6.45, 7) is 1.37. The van der Waals surface area contributed by atoms with Crippen LogP contribution in [-0.4, -0.2) is 20.5 Å². The van der Waals surface area contributed by atoms with Gasteiger partial charge in [0.05, 0.1) is 5.88 Å². The first kappa shape index (κ1) is 14.5. The van der Waals surface area contributed by atoms with E-state index in [1.165, 1.54) is 31.2 Å². The standard InChI is InChI=1S/C12H9ClF3N3O/c1-7(20)8-2-4-9(5-3-8)19-10(6-13)17-18-11(19)12(14,15)16/h2-5H,6H2,1H3. The molecule has 0 aliphatic heterocycles. The van der Waals surface area contributed by atoms with E-state index in [0.717, 1.165) is 4.57 Å². The molecule has 0 aliphatic carbocycles. The summed E-state index contributed by atoms with van der Waals surface area (Å²) in [4.78, 5) is 11.2. The van der Waals surface area contributed by atoms with Gasteiger partial charge in [0.15, 0.2) is 11.6 Å². The van der Waals surface area contributed by atoms with Gasteiger partial charge in [-0.05, 0) is 31.2 Å². The fraction of sp³-hybridized carbons (Fsp3) is 0.250. The highest BCUT2D eigenvalue weighted by Crippen LogP contribution is 2.30. The number of aromatic nitrogens is 3. The predicted molar refractivity (Wildman–Crippen MR) is 65.9 cm³/mol. The quantitative estimate of drug-likeness (QED) is 0.646. The molecule has 0 amide bonds. The zero-order chi connectivity index (χ0) is 14.9. The average molecular weight is 304 g/mol. The molecule has 0 spiro atoms. The van der Waals surface area contributed by atoms with E-state index in [2.05, 4.69) is 10.2 Å². The molecule has 1 aromatic heterocycles. The topological polar surface area (TPSA) is 47.8 Å². The lowest BCUT2D eigenvalue weighted by Gasteiger charge is -2.11. The number of halogens is 4. The monoisotopic (exact) mass is 303 g/mol. The predicted octanol–water partition coefficient (Wildman–Crippen LogP) is 3.23. The molecule has 20 heavy (non-hydrogen) atoms. The minimum atomic E-state index is -4.64. The molecule has 0 unspecified atom stereocenters. The number of nitrogens with zero attached hydrogens (tertiary/aromatic N) is 3. The second-order valence-corrected chi connectivity index (χ2v) is 4.28. The summed E-state index contributed by atoms with van der Waals surface area (Å²) < 4.78 is 39.4. The van der Waals surface area contributed by atoms with Gasteiger partial charge in [-0.1, -0.05) is 0 Å². The summed E-state index contributed by atoms with van der Waals surface area (Å²) in [5, 5.41) is 6.56. The lowest BCUT2D eigenvalue weighted by molar-refractivity contribution is -0.146. The Morgan fingerprint density at radius 2 is 1.85 bits per heavy atom. The van der Waals surface area contributed by atoms with Crippen LogP contribution in [0.1, 0.15) is 28.9 Å². The molecule has 0 saturated carbocycles. The van der Waals surface area contributed by atoms with Gasteiger partial charge in [0.25, 0.3) is 0 Å². The maximum absolute atomic E-state index is 12.9. The van der Waals surface area contributed by atoms with Crippen molar-refractivity contribution in [3.8, 4) is 5.69 Å². The van der Waals surface area contributed by atoms with Gasteiger partial charge in [-0.3, -0.25) is 9.36 Å². The largest absolute Gasteiger partial charge is 0.452 e. The van der Waals surface area contributed by atoms with Crippen LogP contribution in [0.5, 0.6) is 0 Å². The Bertz CT molecular complexity index is 634. The number of ketones is 1. The second-order valence-electron chi connectivity index (χ2n) is 4.01. The lowest BCUT2D eigenvalue weighted by Crippen LogP contribution is -2.15. The van der Waals surface area contributed by atoms with E-state index in [4.69, 9.17) is 11.6 Å². The van der Waals surface area contributed by atoms with E-state index < -0.39 is 12.0 Å². The Hall–Kier alpha value is -1.89. The molecule has 0 saturated heterocycles. The Morgan fingerprint density at radius 1 is 1.25 bits per heavy atom. The van der Waals surface area contributed by atoms with Crippen molar-refractivity contribution >= 4 is 17.4 Å². The molecule has 8 heteroatoms. The number of benzene rings is 1. The summed E-state index contributed by atoms with van der Waals surface area (Å²) in [6.07, 6.45) is -4.64. The van der Waals surface area contributed by atoms with Gasteiger partial charge >= 0.3 is 6.18 Å². The summed E-state index contributed by atoms with van der Waals surface area (Å²) in [6, 6.07) is 5.67. The Kier molecular flexibility index (Phi) is 3.80. The molecule has 1 aromatic carbocycles. The van der Waals surface area contributed by atoms with E-state index in [1.807, 2.05) is 0 Å². The van der Waals surface area contributed by atoms with Crippen LogP contribution in [0.15, 0.2) is 24.3 Å². The Balaban J connectivity index is 2.56. The van der Waals surface area contributed by atoms with E-state index >= 15 is 0 Å². The maximum Gasteiger partial charge on any atom is 0.452 e. The van der Waals surface area contributed by atoms with Crippen LogP contribution in [0, 0.1) is 0 Å². The summed E-state index contributed by atoms with van der Waals surface area (Å²) in [7, 11) is 0. The highest BCUT2D eigenvalue weighted by molar-refractivity contribution is 6.16. The Morgan fingerprint density at radius 3 is 2.30 bits per heavy atom. The van der Waals surface area contributed by atoms with E-state index in [1.54, 1.807) is 0 Å². The van der Waals surface area contributed by atoms with Gasteiger partial charge in [0.2, 0.25) is 5.82 Å². The van der Waals surface area contributed by atoms with Crippen molar-refractivity contribution < 1.29 is 18.0 Å². The molecule has 4 nitrogen and oxygen atoms in total. The highest BCUT2D eigenvalue weighted by atomic mass is 35.5. The third kappa shape index (κ3) is 2.67. The number of hydrogen-bond acceptors (Lipinski definition) is 3. The molecule has 2 aromatic rings. The van der Waals surface area contributed by atoms with Crippen molar-refractivity contribution in [1.82, 2.24) is 14.8 Å². The van der Waals surface area contributed by atoms with Crippen molar-refractivity contribution in [3.05, 3.63) is 41.5 Å². The number of alkyl halides is 4. The van der Waals surface area contributed by atoms with Gasteiger partial charge in [0, 0.05) is 11.3 Å². The SMILES string of the molecule is CC(=O)c1ccc(-n2c(CCl)nnc2C(F)(F)F)cc1. The van der Waals surface area contributed by atoms with Gasteiger partial charge in [-0.2, -0.15) is 13.2 Å². The number of hydrogen-bond donors (Lipinski definition) is 0. The fourth-order valence-corrected chi connectivity index (χ4v) is 1.88. The summed E-state index contributed by atoms with van der Waals surface area (Å²) >= 11 is 5.58. The number of carbonyl (C=O) groups excluding carboxylic acids is 1. The van der Waals surface area contributed by atoms with Crippen molar-refractivity contribution in [2.24, 2.45) is 0 Å². The van der Waals surface area contributed by atoms with Crippen LogP contribution in [0.25, 0.3) is 5.69 Å². The zero-order valence-corrected chi connectivity index (χ0v) is 11.0. The van der Waals surface area contributed by atoms with Crippen molar-refractivity contribution in [2.45, 2.75) is 19.0 Å². The third-order valence-electron chi connectivity index (χ3n) is 2.64. The Labute approximate surface area is 117 Å².